The molecule has 1 aliphatic carbocycles. The van der Waals surface area contributed by atoms with Gasteiger partial charge in [-0.1, -0.05) is 30.7 Å². The van der Waals surface area contributed by atoms with Crippen LogP contribution < -0.4 is 0 Å². The molecular weight excluding hydrogens is 230 g/mol. The van der Waals surface area contributed by atoms with E-state index in [9.17, 15) is 5.11 Å². The van der Waals surface area contributed by atoms with Crippen molar-refractivity contribution in [2.24, 2.45) is 0 Å². The van der Waals surface area contributed by atoms with Crippen LogP contribution in [0.3, 0.4) is 0 Å². The predicted octanol–water partition coefficient (Wildman–Crippen LogP) is 3.49. The minimum Gasteiger partial charge on any atom is -0.381 e. The minimum absolute atomic E-state index is 0.578. The van der Waals surface area contributed by atoms with E-state index in [4.69, 9.17) is 0 Å². The van der Waals surface area contributed by atoms with Gasteiger partial charge in [0.2, 0.25) is 0 Å². The Morgan fingerprint density at radius 3 is 2.53 bits per heavy atom. The van der Waals surface area contributed by atoms with E-state index in [1.807, 2.05) is 17.5 Å². The monoisotopic (exact) mass is 245 g/mol. The molecule has 3 rings (SSSR count). The van der Waals surface area contributed by atoms with E-state index in [2.05, 4.69) is 17.1 Å². The first kappa shape index (κ1) is 10.9. The molecule has 2 aromatic rings. The normalized spacial score (nSPS) is 17.7. The Morgan fingerprint density at radius 2 is 2.00 bits per heavy atom. The van der Waals surface area contributed by atoms with E-state index >= 15 is 0 Å². The van der Waals surface area contributed by atoms with Gasteiger partial charge in [-0.25, -0.2) is 4.98 Å². The lowest BCUT2D eigenvalue weighted by molar-refractivity contribution is 0.219. The third kappa shape index (κ3) is 2.13. The molecule has 1 heterocycles. The number of hydrogen-bond acceptors (Lipinski definition) is 3. The third-order valence-electron chi connectivity index (χ3n) is 3.51. The van der Waals surface area contributed by atoms with Crippen molar-refractivity contribution in [2.45, 2.75) is 31.3 Å². The molecule has 1 saturated carbocycles. The second-order valence-electron chi connectivity index (χ2n) is 4.57. The summed E-state index contributed by atoms with van der Waals surface area (Å²) < 4.78 is 0. The molecule has 88 valence electrons. The maximum Gasteiger partial charge on any atom is 0.131 e. The number of aromatic nitrogens is 1. The van der Waals surface area contributed by atoms with Crippen LogP contribution in [0.2, 0.25) is 0 Å². The van der Waals surface area contributed by atoms with Gasteiger partial charge in [0.15, 0.2) is 0 Å². The zero-order valence-corrected chi connectivity index (χ0v) is 10.4. The lowest BCUT2D eigenvalue weighted by Gasteiger charge is -2.26. The number of thiazole rings is 1. The fraction of sp³-hybridized carbons (Fsp3) is 0.357. The number of aliphatic hydroxyl groups excluding tert-OH is 1. The molecule has 0 saturated heterocycles. The average molecular weight is 245 g/mol. The summed E-state index contributed by atoms with van der Waals surface area (Å²) in [5.74, 6) is 0.751. The predicted molar refractivity (Wildman–Crippen MR) is 69.2 cm³/mol. The summed E-state index contributed by atoms with van der Waals surface area (Å²) in [6.45, 7) is 0. The van der Waals surface area contributed by atoms with Gasteiger partial charge in [0.1, 0.15) is 11.1 Å². The second-order valence-corrected chi connectivity index (χ2v) is 5.49. The molecule has 3 heteroatoms. The summed E-state index contributed by atoms with van der Waals surface area (Å²) in [4.78, 5) is 4.15. The number of rotatable bonds is 3. The third-order valence-corrected chi connectivity index (χ3v) is 4.34. The Kier molecular flexibility index (Phi) is 2.95. The molecule has 17 heavy (non-hydrogen) atoms. The molecule has 1 aliphatic rings. The van der Waals surface area contributed by atoms with Crippen molar-refractivity contribution in [3.8, 4) is 0 Å². The van der Waals surface area contributed by atoms with Gasteiger partial charge in [0.05, 0.1) is 0 Å². The molecule has 0 amide bonds. The summed E-state index contributed by atoms with van der Waals surface area (Å²) in [5, 5.41) is 12.8. The topological polar surface area (TPSA) is 33.1 Å². The molecule has 1 atom stereocenters. The SMILES string of the molecule is OC(c1ccc(C2CCC2)cc1)c1nccs1. The van der Waals surface area contributed by atoms with Crippen LogP contribution in [0.15, 0.2) is 35.8 Å². The fourth-order valence-corrected chi connectivity index (χ4v) is 2.85. The summed E-state index contributed by atoms with van der Waals surface area (Å²) in [7, 11) is 0. The Balaban J connectivity index is 1.79. The quantitative estimate of drug-likeness (QED) is 0.898. The van der Waals surface area contributed by atoms with E-state index in [0.717, 1.165) is 16.5 Å². The van der Waals surface area contributed by atoms with Crippen LogP contribution in [0.4, 0.5) is 0 Å². The molecule has 0 radical (unpaired) electrons. The molecule has 0 aliphatic heterocycles. The van der Waals surface area contributed by atoms with Crippen LogP contribution in [-0.4, -0.2) is 10.1 Å². The number of aliphatic hydroxyl groups is 1. The maximum absolute atomic E-state index is 10.1. The lowest BCUT2D eigenvalue weighted by atomic mass is 9.80. The average Bonchev–Trinajstić information content (AvgIpc) is 2.80. The molecule has 1 aromatic carbocycles. The van der Waals surface area contributed by atoms with Gasteiger partial charge < -0.3 is 5.11 Å². The van der Waals surface area contributed by atoms with Crippen molar-refractivity contribution in [3.05, 3.63) is 52.0 Å². The van der Waals surface area contributed by atoms with Gasteiger partial charge >= 0.3 is 0 Å². The van der Waals surface area contributed by atoms with Gasteiger partial charge in [-0.05, 0) is 29.9 Å². The van der Waals surface area contributed by atoms with Crippen molar-refractivity contribution in [1.29, 1.82) is 0 Å². The zero-order chi connectivity index (χ0) is 11.7. The Morgan fingerprint density at radius 1 is 1.24 bits per heavy atom. The maximum atomic E-state index is 10.1. The van der Waals surface area contributed by atoms with E-state index < -0.39 is 6.10 Å². The first-order chi connectivity index (χ1) is 8.34. The molecular formula is C14H15NOS. The molecule has 1 fully saturated rings. The van der Waals surface area contributed by atoms with Crippen LogP contribution in [0, 0.1) is 0 Å². The molecule has 0 bridgehead atoms. The fourth-order valence-electron chi connectivity index (χ4n) is 2.20. The highest BCUT2D eigenvalue weighted by atomic mass is 32.1. The summed E-state index contributed by atoms with van der Waals surface area (Å²) in [5.41, 5.74) is 2.34. The largest absolute Gasteiger partial charge is 0.381 e. The van der Waals surface area contributed by atoms with Crippen LogP contribution in [0.5, 0.6) is 0 Å². The van der Waals surface area contributed by atoms with Gasteiger partial charge in [-0.15, -0.1) is 11.3 Å². The summed E-state index contributed by atoms with van der Waals surface area (Å²) in [6.07, 6.45) is 5.13. The van der Waals surface area contributed by atoms with Gasteiger partial charge in [-0.3, -0.25) is 0 Å². The van der Waals surface area contributed by atoms with E-state index in [1.165, 1.54) is 36.2 Å². The number of benzene rings is 1. The molecule has 0 spiro atoms. The Hall–Kier alpha value is -1.19. The van der Waals surface area contributed by atoms with Crippen molar-refractivity contribution >= 4 is 11.3 Å². The highest BCUT2D eigenvalue weighted by molar-refractivity contribution is 7.09. The summed E-state index contributed by atoms with van der Waals surface area (Å²) >= 11 is 1.49. The number of hydrogen-bond donors (Lipinski definition) is 1. The van der Waals surface area contributed by atoms with Crippen LogP contribution in [0.1, 0.15) is 47.4 Å². The summed E-state index contributed by atoms with van der Waals surface area (Å²) in [6, 6.07) is 8.35. The lowest BCUT2D eigenvalue weighted by Crippen LogP contribution is -2.08. The Bertz CT molecular complexity index is 473. The smallest absolute Gasteiger partial charge is 0.131 e. The molecule has 2 nitrogen and oxygen atoms in total. The van der Waals surface area contributed by atoms with Gasteiger partial charge in [0, 0.05) is 11.6 Å². The zero-order valence-electron chi connectivity index (χ0n) is 9.54. The van der Waals surface area contributed by atoms with E-state index in [1.54, 1.807) is 6.20 Å². The van der Waals surface area contributed by atoms with E-state index in [-0.39, 0.29) is 0 Å². The first-order valence-electron chi connectivity index (χ1n) is 6.02. The van der Waals surface area contributed by atoms with Crippen LogP contribution >= 0.6 is 11.3 Å². The highest BCUT2D eigenvalue weighted by Gasteiger charge is 2.20. The van der Waals surface area contributed by atoms with Crippen molar-refractivity contribution < 1.29 is 5.11 Å². The van der Waals surface area contributed by atoms with Gasteiger partial charge in [-0.2, -0.15) is 0 Å². The van der Waals surface area contributed by atoms with Crippen molar-refractivity contribution in [2.75, 3.05) is 0 Å². The molecule has 1 N–H and O–H groups in total. The Labute approximate surface area is 105 Å². The van der Waals surface area contributed by atoms with Crippen LogP contribution in [0.25, 0.3) is 0 Å². The van der Waals surface area contributed by atoms with Crippen LogP contribution in [-0.2, 0) is 0 Å². The van der Waals surface area contributed by atoms with Gasteiger partial charge in [0.25, 0.3) is 0 Å². The number of nitrogens with zero attached hydrogens (tertiary/aromatic N) is 1. The highest BCUT2D eigenvalue weighted by Crippen LogP contribution is 2.36. The van der Waals surface area contributed by atoms with E-state index in [0.29, 0.717) is 0 Å². The standard InChI is InChI=1S/C14H15NOS/c16-13(14-15-8-9-17-14)12-6-4-11(5-7-12)10-2-1-3-10/h4-10,13,16H,1-3H2. The molecule has 1 aromatic heterocycles. The minimum atomic E-state index is -0.578. The second kappa shape index (κ2) is 4.59. The van der Waals surface area contributed by atoms with Crippen molar-refractivity contribution in [3.63, 3.8) is 0 Å². The van der Waals surface area contributed by atoms with Crippen molar-refractivity contribution in [1.82, 2.24) is 4.98 Å². The molecule has 1 unspecified atom stereocenters. The first-order valence-corrected chi connectivity index (χ1v) is 6.90.